The Morgan fingerprint density at radius 3 is 2.67 bits per heavy atom. The summed E-state index contributed by atoms with van der Waals surface area (Å²) in [4.78, 5) is 2.24. The fourth-order valence-electron chi connectivity index (χ4n) is 3.12. The summed E-state index contributed by atoms with van der Waals surface area (Å²) in [6, 6.07) is 11.6. The van der Waals surface area contributed by atoms with E-state index < -0.39 is 0 Å². The lowest BCUT2D eigenvalue weighted by atomic mass is 10.00. The Labute approximate surface area is 125 Å². The van der Waals surface area contributed by atoms with Gasteiger partial charge in [-0.25, -0.2) is 4.39 Å². The van der Waals surface area contributed by atoms with Gasteiger partial charge in [0.2, 0.25) is 0 Å². The third-order valence-corrected chi connectivity index (χ3v) is 4.49. The number of anilines is 1. The highest BCUT2D eigenvalue weighted by Crippen LogP contribution is 2.35. The zero-order chi connectivity index (χ0) is 15.0. The summed E-state index contributed by atoms with van der Waals surface area (Å²) < 4.78 is 13.6. The molecule has 2 aromatic carbocycles. The molecule has 0 saturated carbocycles. The molecule has 0 spiro atoms. The lowest BCUT2D eigenvalue weighted by Crippen LogP contribution is -2.32. The van der Waals surface area contributed by atoms with E-state index in [1.165, 1.54) is 28.3 Å². The number of hydrogen-bond acceptors (Lipinski definition) is 2. The van der Waals surface area contributed by atoms with E-state index in [2.05, 4.69) is 36.9 Å². The molecular formula is C18H21FN2. The molecule has 1 unspecified atom stereocenters. The minimum Gasteiger partial charge on any atom is -0.363 e. The van der Waals surface area contributed by atoms with Gasteiger partial charge in [0, 0.05) is 18.8 Å². The van der Waals surface area contributed by atoms with E-state index in [4.69, 9.17) is 5.73 Å². The van der Waals surface area contributed by atoms with Crippen LogP contribution in [0.15, 0.2) is 36.4 Å². The molecule has 1 aliphatic heterocycles. The maximum Gasteiger partial charge on any atom is 0.125 e. The number of aryl methyl sites for hydroxylation is 2. The number of halogens is 1. The smallest absolute Gasteiger partial charge is 0.125 e. The van der Waals surface area contributed by atoms with E-state index in [-0.39, 0.29) is 11.9 Å². The highest BCUT2D eigenvalue weighted by molar-refractivity contribution is 5.60. The van der Waals surface area contributed by atoms with E-state index in [1.807, 2.05) is 6.07 Å². The Kier molecular flexibility index (Phi) is 3.68. The summed E-state index contributed by atoms with van der Waals surface area (Å²) in [6.07, 6.45) is 0.955. The maximum absolute atomic E-state index is 13.6. The van der Waals surface area contributed by atoms with Gasteiger partial charge in [0.05, 0.1) is 6.04 Å². The summed E-state index contributed by atoms with van der Waals surface area (Å²) in [5, 5.41) is 0. The van der Waals surface area contributed by atoms with Crippen molar-refractivity contribution in [2.24, 2.45) is 5.73 Å². The van der Waals surface area contributed by atoms with Crippen LogP contribution in [0, 0.1) is 19.7 Å². The second-order valence-corrected chi connectivity index (χ2v) is 5.81. The Balaban J connectivity index is 1.98. The van der Waals surface area contributed by atoms with Crippen molar-refractivity contribution >= 4 is 5.69 Å². The Hall–Kier alpha value is -1.87. The van der Waals surface area contributed by atoms with Crippen molar-refractivity contribution in [2.45, 2.75) is 26.3 Å². The number of nitrogens with two attached hydrogens (primary N) is 1. The predicted molar refractivity (Wildman–Crippen MR) is 85.2 cm³/mol. The zero-order valence-electron chi connectivity index (χ0n) is 12.6. The van der Waals surface area contributed by atoms with E-state index in [0.29, 0.717) is 6.54 Å². The van der Waals surface area contributed by atoms with Gasteiger partial charge in [0.25, 0.3) is 0 Å². The molecule has 2 N–H and O–H groups in total. The standard InChI is InChI=1S/C18H21FN2/c1-12-3-4-15(9-13(12)2)18(11-20)21-8-7-14-5-6-16(19)10-17(14)21/h3-6,9-10,18H,7-8,11,20H2,1-2H3. The molecule has 0 amide bonds. The lowest BCUT2D eigenvalue weighted by molar-refractivity contribution is 0.621. The highest BCUT2D eigenvalue weighted by atomic mass is 19.1. The SMILES string of the molecule is Cc1ccc(C(CN)N2CCc3ccc(F)cc32)cc1C. The summed E-state index contributed by atoms with van der Waals surface area (Å²) in [5.41, 5.74) is 12.0. The average molecular weight is 284 g/mol. The summed E-state index contributed by atoms with van der Waals surface area (Å²) in [6.45, 7) is 5.65. The summed E-state index contributed by atoms with van der Waals surface area (Å²) in [5.74, 6) is -0.184. The number of benzene rings is 2. The van der Waals surface area contributed by atoms with Crippen LogP contribution in [0.3, 0.4) is 0 Å². The van der Waals surface area contributed by atoms with E-state index >= 15 is 0 Å². The largest absolute Gasteiger partial charge is 0.363 e. The van der Waals surface area contributed by atoms with Crippen LogP contribution in [0.5, 0.6) is 0 Å². The number of hydrogen-bond donors (Lipinski definition) is 1. The maximum atomic E-state index is 13.6. The predicted octanol–water partition coefficient (Wildman–Crippen LogP) is 3.51. The molecule has 2 aromatic rings. The molecule has 0 radical (unpaired) electrons. The van der Waals surface area contributed by atoms with Gasteiger partial charge < -0.3 is 10.6 Å². The van der Waals surface area contributed by atoms with Crippen LogP contribution in [0.1, 0.15) is 28.3 Å². The summed E-state index contributed by atoms with van der Waals surface area (Å²) in [7, 11) is 0. The number of rotatable bonds is 3. The van der Waals surface area contributed by atoms with Gasteiger partial charge in [-0.15, -0.1) is 0 Å². The number of fused-ring (bicyclic) bond motifs is 1. The van der Waals surface area contributed by atoms with Gasteiger partial charge >= 0.3 is 0 Å². The van der Waals surface area contributed by atoms with Crippen molar-refractivity contribution in [1.82, 2.24) is 0 Å². The molecule has 21 heavy (non-hydrogen) atoms. The molecular weight excluding hydrogens is 263 g/mol. The average Bonchev–Trinajstić information content (AvgIpc) is 2.87. The molecule has 3 rings (SSSR count). The highest BCUT2D eigenvalue weighted by Gasteiger charge is 2.26. The van der Waals surface area contributed by atoms with Crippen molar-refractivity contribution in [3.05, 3.63) is 64.5 Å². The van der Waals surface area contributed by atoms with Gasteiger partial charge in [0.1, 0.15) is 5.82 Å². The second kappa shape index (κ2) is 5.49. The molecule has 1 atom stereocenters. The van der Waals surface area contributed by atoms with Crippen LogP contribution >= 0.6 is 0 Å². The monoisotopic (exact) mass is 284 g/mol. The van der Waals surface area contributed by atoms with Crippen molar-refractivity contribution in [3.63, 3.8) is 0 Å². The van der Waals surface area contributed by atoms with Crippen molar-refractivity contribution < 1.29 is 4.39 Å². The van der Waals surface area contributed by atoms with Gasteiger partial charge in [-0.1, -0.05) is 24.3 Å². The fraction of sp³-hybridized carbons (Fsp3) is 0.333. The molecule has 3 heteroatoms. The van der Waals surface area contributed by atoms with Gasteiger partial charge in [0.15, 0.2) is 0 Å². The first-order valence-corrected chi connectivity index (χ1v) is 7.42. The van der Waals surface area contributed by atoms with Gasteiger partial charge in [-0.3, -0.25) is 0 Å². The number of nitrogens with zero attached hydrogens (tertiary/aromatic N) is 1. The summed E-state index contributed by atoms with van der Waals surface area (Å²) >= 11 is 0. The zero-order valence-corrected chi connectivity index (χ0v) is 12.6. The van der Waals surface area contributed by atoms with Crippen molar-refractivity contribution in [2.75, 3.05) is 18.0 Å². The van der Waals surface area contributed by atoms with Crippen LogP contribution in [-0.2, 0) is 6.42 Å². The van der Waals surface area contributed by atoms with E-state index in [1.54, 1.807) is 6.07 Å². The second-order valence-electron chi connectivity index (χ2n) is 5.81. The third kappa shape index (κ3) is 2.54. The quantitative estimate of drug-likeness (QED) is 0.934. The van der Waals surface area contributed by atoms with Crippen LogP contribution in [-0.4, -0.2) is 13.1 Å². The van der Waals surface area contributed by atoms with Crippen LogP contribution < -0.4 is 10.6 Å². The Bertz CT molecular complexity index is 666. The van der Waals surface area contributed by atoms with Gasteiger partial charge in [-0.2, -0.15) is 0 Å². The third-order valence-electron chi connectivity index (χ3n) is 4.49. The van der Waals surface area contributed by atoms with Crippen LogP contribution in [0.25, 0.3) is 0 Å². The minimum absolute atomic E-state index is 0.104. The van der Waals surface area contributed by atoms with E-state index in [9.17, 15) is 4.39 Å². The molecule has 2 nitrogen and oxygen atoms in total. The Morgan fingerprint density at radius 1 is 1.14 bits per heavy atom. The molecule has 0 bridgehead atoms. The van der Waals surface area contributed by atoms with Crippen LogP contribution in [0.2, 0.25) is 0 Å². The molecule has 0 saturated heterocycles. The lowest BCUT2D eigenvalue weighted by Gasteiger charge is -2.30. The molecule has 0 aliphatic carbocycles. The first-order chi connectivity index (χ1) is 10.1. The molecule has 1 heterocycles. The first-order valence-electron chi connectivity index (χ1n) is 7.42. The molecule has 1 aliphatic rings. The molecule has 0 aromatic heterocycles. The van der Waals surface area contributed by atoms with E-state index in [0.717, 1.165) is 18.7 Å². The normalized spacial score (nSPS) is 15.1. The first kappa shape index (κ1) is 14.1. The topological polar surface area (TPSA) is 29.3 Å². The van der Waals surface area contributed by atoms with Crippen molar-refractivity contribution in [1.29, 1.82) is 0 Å². The van der Waals surface area contributed by atoms with Gasteiger partial charge in [-0.05, 0) is 54.7 Å². The molecule has 110 valence electrons. The van der Waals surface area contributed by atoms with Crippen LogP contribution in [0.4, 0.5) is 10.1 Å². The fourth-order valence-corrected chi connectivity index (χ4v) is 3.12. The molecule has 0 fully saturated rings. The Morgan fingerprint density at radius 2 is 1.95 bits per heavy atom. The van der Waals surface area contributed by atoms with Crippen molar-refractivity contribution in [3.8, 4) is 0 Å². The minimum atomic E-state index is -0.184.